The minimum absolute atomic E-state index is 0.391. The number of rotatable bonds is 12. The zero-order valence-electron chi connectivity index (χ0n) is 80.8. The molecule has 0 amide bonds. The van der Waals surface area contributed by atoms with Crippen LogP contribution in [0, 0.1) is 0 Å². The molecule has 0 bridgehead atoms. The van der Waals surface area contributed by atoms with Gasteiger partial charge in [0.05, 0.1) is 61.8 Å². The van der Waals surface area contributed by atoms with E-state index in [1.165, 1.54) is 55.6 Å². The standard InChI is InChI=1S/C50H29NO.C46H28N4O.C43H28NO2P/c1-2-13-30(14-3-1)48-38-27-28-39-46-32(19-12-24-45(46)52-49(39)47(38)37-18-7-11-23-44(37)51-48)31-25-26-36-35-17-6-10-22-42(35)50(43(36)29-31)40-20-8-4-15-33(40)34-16-5-9-21-41(34)50;1-2-11-31(12-3-1)45-35-23-24-36-43-33(14-10-18-42(43)51-46(36)44(35)34-13-4-5-15-37(34)50-45)30-21-19-29(20-22-30)32-27-40(38-16-6-8-25-47-38)49-41(28-32)39-17-7-9-26-48-39;45-47(31-15-6-2-7-16-31,32-17-8-3-9-18-32)33-25-23-29(24-26-33)34-20-12-22-39-40(34)37-28-27-36-41(43(37)46-39)35-19-10-11-21-38(35)44-42(36)30-13-4-1-5-14-30/h1-29H;1-28H;1-28H. The van der Waals surface area contributed by atoms with Gasteiger partial charge in [-0.2, -0.15) is 0 Å². The van der Waals surface area contributed by atoms with Crippen LogP contribution in [0.15, 0.2) is 529 Å². The highest BCUT2D eigenvalue weighted by molar-refractivity contribution is 7.85. The number of hydrogen-bond acceptors (Lipinski definition) is 10. The van der Waals surface area contributed by atoms with Gasteiger partial charge in [-0.1, -0.05) is 406 Å². The lowest BCUT2D eigenvalue weighted by atomic mass is 9.70. The quantitative estimate of drug-likeness (QED) is 0.0860. The first-order valence-electron chi connectivity index (χ1n) is 50.7. The molecule has 11 heteroatoms. The van der Waals surface area contributed by atoms with Gasteiger partial charge in [0.15, 0.2) is 7.14 Å². The Morgan fingerprint density at radius 3 is 0.880 bits per heavy atom. The van der Waals surface area contributed by atoms with Crippen molar-refractivity contribution >= 4 is 154 Å². The molecule has 700 valence electrons. The maximum absolute atomic E-state index is 15.0. The lowest BCUT2D eigenvalue weighted by Gasteiger charge is -2.30. The third-order valence-electron chi connectivity index (χ3n) is 30.4. The first kappa shape index (κ1) is 87.1. The van der Waals surface area contributed by atoms with E-state index in [1.54, 1.807) is 12.4 Å². The van der Waals surface area contributed by atoms with Crippen LogP contribution < -0.4 is 15.9 Å². The van der Waals surface area contributed by atoms with Gasteiger partial charge in [-0.15, -0.1) is 0 Å². The molecule has 9 aromatic heterocycles. The molecular formula is C139H85N6O4P. The zero-order chi connectivity index (χ0) is 99.1. The van der Waals surface area contributed by atoms with Crippen LogP contribution in [0.4, 0.5) is 0 Å². The van der Waals surface area contributed by atoms with Crippen LogP contribution in [0.1, 0.15) is 22.3 Å². The molecule has 0 fully saturated rings. The van der Waals surface area contributed by atoms with Crippen molar-refractivity contribution in [3.8, 4) is 123 Å². The van der Waals surface area contributed by atoms with Crippen LogP contribution in [0.2, 0.25) is 0 Å². The lowest BCUT2D eigenvalue weighted by Crippen LogP contribution is -2.25. The molecule has 20 aromatic carbocycles. The Bertz CT molecular complexity index is 10400. The van der Waals surface area contributed by atoms with E-state index in [0.29, 0.717) is 0 Å². The molecule has 0 unspecified atom stereocenters. The van der Waals surface area contributed by atoms with E-state index in [2.05, 4.69) is 356 Å². The van der Waals surface area contributed by atoms with E-state index >= 15 is 0 Å². The van der Waals surface area contributed by atoms with Crippen LogP contribution in [0.25, 0.3) is 254 Å². The van der Waals surface area contributed by atoms with Crippen molar-refractivity contribution < 1.29 is 17.8 Å². The summed E-state index contributed by atoms with van der Waals surface area (Å²) in [6.07, 6.45) is 3.59. The number of fused-ring (bicyclic) bond motifs is 31. The molecule has 2 aliphatic carbocycles. The highest BCUT2D eigenvalue weighted by Crippen LogP contribution is 2.64. The van der Waals surface area contributed by atoms with Gasteiger partial charge >= 0.3 is 0 Å². The van der Waals surface area contributed by atoms with Crippen molar-refractivity contribution in [3.63, 3.8) is 0 Å². The second-order valence-electron chi connectivity index (χ2n) is 38.6. The number of aromatic nitrogens is 6. The van der Waals surface area contributed by atoms with Crippen molar-refractivity contribution in [2.24, 2.45) is 0 Å². The number of benzene rings is 20. The molecule has 0 aliphatic heterocycles. The minimum Gasteiger partial charge on any atom is -0.455 e. The number of para-hydroxylation sites is 3. The van der Waals surface area contributed by atoms with Gasteiger partial charge in [-0.25, -0.2) is 19.9 Å². The summed E-state index contributed by atoms with van der Waals surface area (Å²) >= 11 is 0. The Morgan fingerprint density at radius 1 is 0.187 bits per heavy atom. The summed E-state index contributed by atoms with van der Waals surface area (Å²) in [5.74, 6) is 0. The number of furan rings is 3. The summed E-state index contributed by atoms with van der Waals surface area (Å²) < 4.78 is 35.4. The zero-order valence-corrected chi connectivity index (χ0v) is 81.7. The van der Waals surface area contributed by atoms with Gasteiger partial charge in [0.2, 0.25) is 0 Å². The molecule has 0 saturated carbocycles. The predicted molar refractivity (Wildman–Crippen MR) is 618 cm³/mol. The van der Waals surface area contributed by atoms with Gasteiger partial charge in [0, 0.05) is 126 Å². The van der Waals surface area contributed by atoms with Gasteiger partial charge in [0.25, 0.3) is 0 Å². The topological polar surface area (TPSA) is 134 Å². The second kappa shape index (κ2) is 35.5. The van der Waals surface area contributed by atoms with Crippen molar-refractivity contribution in [2.45, 2.75) is 5.41 Å². The SMILES string of the molecule is O=P(c1ccccc1)(c1ccccc1)c1ccc(-c2cccc3oc4c(ccc5c(-c6ccccc6)nc6ccccc6c54)c23)cc1.c1ccc(-c2nc3ccccc3c3c2ccc2c3oc3cccc(-c4ccc(-c5cc(-c6ccccn6)nc(-c6ccccn6)c5)cc4)c32)cc1.c1ccc(-c2nc3ccccc3c3c2ccc2c3oc3cccc(-c4ccc5c(c4)C4(c6ccccc6-c6ccccc64)c4ccccc4-5)c32)cc1. The molecule has 31 rings (SSSR count). The van der Waals surface area contributed by atoms with Gasteiger partial charge in [-0.05, 0) is 186 Å². The summed E-state index contributed by atoms with van der Waals surface area (Å²) in [4.78, 5) is 29.5. The molecule has 0 atom stereocenters. The third kappa shape index (κ3) is 14.0. The number of hydrogen-bond donors (Lipinski definition) is 0. The fourth-order valence-electron chi connectivity index (χ4n) is 23.8. The van der Waals surface area contributed by atoms with E-state index in [1.807, 2.05) is 158 Å². The Hall–Kier alpha value is -19.5. The third-order valence-corrected chi connectivity index (χ3v) is 33.5. The van der Waals surface area contributed by atoms with Gasteiger partial charge in [0.1, 0.15) is 33.5 Å². The second-order valence-corrected chi connectivity index (χ2v) is 41.3. The fourth-order valence-corrected chi connectivity index (χ4v) is 26.4. The van der Waals surface area contributed by atoms with Crippen LogP contribution in [0.3, 0.4) is 0 Å². The first-order chi connectivity index (χ1) is 74.3. The summed E-state index contributed by atoms with van der Waals surface area (Å²) in [5.41, 5.74) is 36.5. The Labute approximate surface area is 862 Å². The predicted octanol–water partition coefficient (Wildman–Crippen LogP) is 35.0. The molecular weight excluding hydrogens is 1850 g/mol. The molecule has 0 saturated heterocycles. The molecule has 29 aromatic rings. The molecule has 9 heterocycles. The van der Waals surface area contributed by atoms with Crippen molar-refractivity contribution in [3.05, 3.63) is 538 Å². The van der Waals surface area contributed by atoms with Crippen LogP contribution >= 0.6 is 7.14 Å². The average molecular weight is 1930 g/mol. The Kier molecular flexibility index (Phi) is 20.6. The molecule has 2 aliphatic rings. The number of pyridine rings is 6. The number of nitrogens with zero attached hydrogens (tertiary/aromatic N) is 6. The maximum atomic E-state index is 15.0. The van der Waals surface area contributed by atoms with Crippen LogP contribution in [-0.4, -0.2) is 29.9 Å². The molecule has 0 radical (unpaired) electrons. The van der Waals surface area contributed by atoms with E-state index in [-0.39, 0.29) is 0 Å². The molecule has 10 nitrogen and oxygen atoms in total. The van der Waals surface area contributed by atoms with Crippen molar-refractivity contribution in [1.82, 2.24) is 29.9 Å². The summed E-state index contributed by atoms with van der Waals surface area (Å²) in [7, 11) is -3.07. The summed E-state index contributed by atoms with van der Waals surface area (Å²) in [6.45, 7) is 0. The maximum Gasteiger partial charge on any atom is 0.171 e. The minimum atomic E-state index is -3.07. The highest BCUT2D eigenvalue weighted by atomic mass is 31.2. The monoisotopic (exact) mass is 1930 g/mol. The van der Waals surface area contributed by atoms with E-state index in [0.717, 1.165) is 237 Å². The molecule has 0 N–H and O–H groups in total. The smallest absolute Gasteiger partial charge is 0.171 e. The van der Waals surface area contributed by atoms with Gasteiger partial charge in [-0.3, -0.25) is 9.97 Å². The Balaban J connectivity index is 0.000000106. The van der Waals surface area contributed by atoms with Crippen molar-refractivity contribution in [1.29, 1.82) is 0 Å². The normalized spacial score (nSPS) is 12.3. The largest absolute Gasteiger partial charge is 0.455 e. The Morgan fingerprint density at radius 2 is 0.493 bits per heavy atom. The first-order valence-corrected chi connectivity index (χ1v) is 52.4. The van der Waals surface area contributed by atoms with Crippen molar-refractivity contribution in [2.75, 3.05) is 0 Å². The summed E-state index contributed by atoms with van der Waals surface area (Å²) in [5, 5.41) is 18.7. The van der Waals surface area contributed by atoms with Gasteiger partial charge < -0.3 is 17.8 Å². The van der Waals surface area contributed by atoms with E-state index in [9.17, 15) is 4.57 Å². The molecule has 150 heavy (non-hydrogen) atoms. The average Bonchev–Trinajstić information content (AvgIpc) is 1.50. The molecule has 1 spiro atoms. The van der Waals surface area contributed by atoms with Crippen LogP contribution in [0.5, 0.6) is 0 Å². The lowest BCUT2D eigenvalue weighted by molar-refractivity contribution is 0.592. The van der Waals surface area contributed by atoms with E-state index in [4.69, 9.17) is 33.2 Å². The van der Waals surface area contributed by atoms with E-state index < -0.39 is 12.6 Å². The fraction of sp³-hybridized carbons (Fsp3) is 0.00719. The van der Waals surface area contributed by atoms with Crippen LogP contribution in [-0.2, 0) is 9.98 Å². The highest BCUT2D eigenvalue weighted by Gasteiger charge is 2.52. The summed E-state index contributed by atoms with van der Waals surface area (Å²) in [6, 6.07) is 175.